The first-order valence-electron chi connectivity index (χ1n) is 5.11. The van der Waals surface area contributed by atoms with E-state index < -0.39 is 33.0 Å². The Hall–Kier alpha value is -0.820. The molecule has 94 valence electrons. The van der Waals surface area contributed by atoms with Crippen LogP contribution in [0.4, 0.5) is 4.79 Å². The third kappa shape index (κ3) is 3.64. The lowest BCUT2D eigenvalue weighted by molar-refractivity contribution is 0.0482. The zero-order valence-electron chi connectivity index (χ0n) is 9.69. The second kappa shape index (κ2) is 4.21. The van der Waals surface area contributed by atoms with E-state index in [9.17, 15) is 13.2 Å². The van der Waals surface area contributed by atoms with E-state index in [-0.39, 0.29) is 0 Å². The van der Waals surface area contributed by atoms with E-state index in [0.717, 1.165) is 0 Å². The number of primary sulfonamides is 1. The molecule has 16 heavy (non-hydrogen) atoms. The summed E-state index contributed by atoms with van der Waals surface area (Å²) >= 11 is 0. The van der Waals surface area contributed by atoms with Crippen molar-refractivity contribution in [1.29, 1.82) is 0 Å². The highest BCUT2D eigenvalue weighted by Crippen LogP contribution is 2.25. The molecular weight excluding hydrogens is 232 g/mol. The number of carbonyl (C=O) groups excluding carboxylic acids is 1. The molecule has 0 aliphatic heterocycles. The van der Waals surface area contributed by atoms with Crippen molar-refractivity contribution in [1.82, 2.24) is 5.32 Å². The predicted molar refractivity (Wildman–Crippen MR) is 59.3 cm³/mol. The molecule has 0 unspecified atom stereocenters. The number of carbonyl (C=O) groups is 1. The summed E-state index contributed by atoms with van der Waals surface area (Å²) in [6, 6.07) is -0.426. The van der Waals surface area contributed by atoms with Crippen LogP contribution in [0.5, 0.6) is 0 Å². The number of hydrogen-bond donors (Lipinski definition) is 2. The van der Waals surface area contributed by atoms with Crippen LogP contribution in [0.3, 0.4) is 0 Å². The Morgan fingerprint density at radius 2 is 1.94 bits per heavy atom. The summed E-state index contributed by atoms with van der Waals surface area (Å²) in [6.07, 6.45) is 0.491. The first kappa shape index (κ1) is 13.2. The third-order valence-corrected chi connectivity index (χ3v) is 3.74. The average molecular weight is 250 g/mol. The minimum absolute atomic E-state index is 0.426. The van der Waals surface area contributed by atoms with Crippen molar-refractivity contribution in [2.75, 3.05) is 0 Å². The Labute approximate surface area is 95.6 Å². The minimum Gasteiger partial charge on any atom is -0.444 e. The van der Waals surface area contributed by atoms with Gasteiger partial charge >= 0.3 is 6.09 Å². The summed E-state index contributed by atoms with van der Waals surface area (Å²) in [5.41, 5.74) is -0.592. The molecule has 0 heterocycles. The van der Waals surface area contributed by atoms with Gasteiger partial charge in [-0.2, -0.15) is 0 Å². The van der Waals surface area contributed by atoms with Crippen LogP contribution in [0.1, 0.15) is 33.6 Å². The molecule has 6 nitrogen and oxygen atoms in total. The van der Waals surface area contributed by atoms with Crippen molar-refractivity contribution in [2.24, 2.45) is 5.14 Å². The van der Waals surface area contributed by atoms with E-state index in [2.05, 4.69) is 5.32 Å². The Balaban J connectivity index is 2.48. The number of amides is 1. The minimum atomic E-state index is -3.57. The molecule has 1 saturated carbocycles. The first-order chi connectivity index (χ1) is 7.09. The number of alkyl carbamates (subject to hydrolysis) is 1. The maximum Gasteiger partial charge on any atom is 0.407 e. The number of nitrogens with one attached hydrogen (secondary N) is 1. The van der Waals surface area contributed by atoms with Gasteiger partial charge in [-0.15, -0.1) is 0 Å². The molecule has 2 atom stereocenters. The number of rotatable bonds is 2. The lowest BCUT2D eigenvalue weighted by Gasteiger charge is -2.35. The molecule has 0 aromatic heterocycles. The lowest BCUT2D eigenvalue weighted by atomic mass is 9.92. The van der Waals surface area contributed by atoms with Crippen molar-refractivity contribution in [3.8, 4) is 0 Å². The molecular formula is C9H18N2O4S. The molecule has 3 N–H and O–H groups in total. The van der Waals surface area contributed by atoms with E-state index >= 15 is 0 Å². The van der Waals surface area contributed by atoms with Crippen LogP contribution < -0.4 is 10.5 Å². The monoisotopic (exact) mass is 250 g/mol. The largest absolute Gasteiger partial charge is 0.444 e. The van der Waals surface area contributed by atoms with Gasteiger partial charge in [0, 0.05) is 0 Å². The normalized spacial score (nSPS) is 25.8. The SMILES string of the molecule is CC(C)(C)OC(=O)N[C@@H]1CC[C@H]1S(N)(=O)=O. The summed E-state index contributed by atoms with van der Waals surface area (Å²) in [6.45, 7) is 5.22. The third-order valence-electron chi connectivity index (χ3n) is 2.34. The Morgan fingerprint density at radius 3 is 2.25 bits per heavy atom. The zero-order valence-corrected chi connectivity index (χ0v) is 10.5. The molecule has 1 aliphatic rings. The van der Waals surface area contributed by atoms with Crippen molar-refractivity contribution < 1.29 is 17.9 Å². The van der Waals surface area contributed by atoms with E-state index in [1.807, 2.05) is 0 Å². The highest BCUT2D eigenvalue weighted by molar-refractivity contribution is 7.89. The summed E-state index contributed by atoms with van der Waals surface area (Å²) in [5, 5.41) is 6.84. The highest BCUT2D eigenvalue weighted by atomic mass is 32.2. The van der Waals surface area contributed by atoms with Crippen LogP contribution in [0.25, 0.3) is 0 Å². The van der Waals surface area contributed by atoms with E-state index in [0.29, 0.717) is 12.8 Å². The van der Waals surface area contributed by atoms with E-state index in [1.54, 1.807) is 20.8 Å². The molecule has 0 saturated heterocycles. The van der Waals surface area contributed by atoms with Crippen LogP contribution >= 0.6 is 0 Å². The average Bonchev–Trinajstić information content (AvgIpc) is 1.90. The van der Waals surface area contributed by atoms with Crippen LogP contribution in [0.2, 0.25) is 0 Å². The lowest BCUT2D eigenvalue weighted by Crippen LogP contribution is -2.56. The standard InChI is InChI=1S/C9H18N2O4S/c1-9(2,3)15-8(12)11-6-4-5-7(6)16(10,13)14/h6-7H,4-5H2,1-3H3,(H,11,12)(H2,10,13,14)/t6-,7-/m1/s1. The molecule has 0 aromatic rings. The van der Waals surface area contributed by atoms with Gasteiger partial charge in [0.2, 0.25) is 10.0 Å². The van der Waals surface area contributed by atoms with Crippen LogP contribution in [-0.4, -0.2) is 31.4 Å². The summed E-state index contributed by atoms with van der Waals surface area (Å²) in [4.78, 5) is 11.4. The van der Waals surface area contributed by atoms with Crippen molar-refractivity contribution in [2.45, 2.75) is 50.5 Å². The van der Waals surface area contributed by atoms with E-state index in [4.69, 9.17) is 9.88 Å². The summed E-state index contributed by atoms with van der Waals surface area (Å²) in [7, 11) is -3.57. The predicted octanol–water partition coefficient (Wildman–Crippen LogP) is 0.331. The molecule has 0 radical (unpaired) electrons. The highest BCUT2D eigenvalue weighted by Gasteiger charge is 2.40. The van der Waals surface area contributed by atoms with Gasteiger partial charge < -0.3 is 10.1 Å². The van der Waals surface area contributed by atoms with Crippen LogP contribution in [-0.2, 0) is 14.8 Å². The Bertz CT molecular complexity index is 371. The van der Waals surface area contributed by atoms with Crippen molar-refractivity contribution in [3.05, 3.63) is 0 Å². The number of ether oxygens (including phenoxy) is 1. The Kier molecular flexibility index (Phi) is 3.49. The molecule has 1 rings (SSSR count). The smallest absolute Gasteiger partial charge is 0.407 e. The van der Waals surface area contributed by atoms with Gasteiger partial charge in [0.25, 0.3) is 0 Å². The maximum atomic E-state index is 11.4. The van der Waals surface area contributed by atoms with Gasteiger partial charge in [0.15, 0.2) is 0 Å². The fraction of sp³-hybridized carbons (Fsp3) is 0.889. The summed E-state index contributed by atoms with van der Waals surface area (Å²) < 4.78 is 27.2. The number of sulfonamides is 1. The van der Waals surface area contributed by atoms with Gasteiger partial charge in [-0.05, 0) is 33.6 Å². The summed E-state index contributed by atoms with van der Waals surface area (Å²) in [5.74, 6) is 0. The second-order valence-electron chi connectivity index (χ2n) is 4.96. The zero-order chi connectivity index (χ0) is 12.6. The van der Waals surface area contributed by atoms with E-state index in [1.165, 1.54) is 0 Å². The first-order valence-corrected chi connectivity index (χ1v) is 6.72. The van der Waals surface area contributed by atoms with Gasteiger partial charge in [-0.1, -0.05) is 0 Å². The van der Waals surface area contributed by atoms with Crippen molar-refractivity contribution in [3.63, 3.8) is 0 Å². The molecule has 1 fully saturated rings. The van der Waals surface area contributed by atoms with Gasteiger partial charge in [-0.25, -0.2) is 18.4 Å². The molecule has 0 aromatic carbocycles. The molecule has 1 amide bonds. The fourth-order valence-corrected chi connectivity index (χ4v) is 2.61. The fourth-order valence-electron chi connectivity index (χ4n) is 1.49. The quantitative estimate of drug-likeness (QED) is 0.737. The van der Waals surface area contributed by atoms with Crippen LogP contribution in [0.15, 0.2) is 0 Å². The number of hydrogen-bond acceptors (Lipinski definition) is 4. The maximum absolute atomic E-state index is 11.4. The van der Waals surface area contributed by atoms with Gasteiger partial charge in [0.1, 0.15) is 5.60 Å². The van der Waals surface area contributed by atoms with Gasteiger partial charge in [0.05, 0.1) is 11.3 Å². The number of nitrogens with two attached hydrogens (primary N) is 1. The van der Waals surface area contributed by atoms with Crippen molar-refractivity contribution >= 4 is 16.1 Å². The Morgan fingerprint density at radius 1 is 1.38 bits per heavy atom. The second-order valence-corrected chi connectivity index (χ2v) is 6.74. The molecule has 7 heteroatoms. The molecule has 1 aliphatic carbocycles. The molecule has 0 bridgehead atoms. The van der Waals surface area contributed by atoms with Gasteiger partial charge in [-0.3, -0.25) is 0 Å². The van der Waals surface area contributed by atoms with Crippen LogP contribution in [0, 0.1) is 0 Å². The molecule has 0 spiro atoms. The topological polar surface area (TPSA) is 98.5 Å².